The fourth-order valence-electron chi connectivity index (χ4n) is 3.54. The number of amides is 2. The Morgan fingerprint density at radius 2 is 1.82 bits per heavy atom. The van der Waals surface area contributed by atoms with E-state index in [0.717, 1.165) is 0 Å². The van der Waals surface area contributed by atoms with E-state index in [-0.39, 0.29) is 47.6 Å². The summed E-state index contributed by atoms with van der Waals surface area (Å²) in [6.45, 7) is 6.75. The molecule has 10 nitrogen and oxygen atoms in total. The molecular formula is C27H28ClN3O7. The van der Waals surface area contributed by atoms with Gasteiger partial charge in [0, 0.05) is 22.9 Å². The van der Waals surface area contributed by atoms with Gasteiger partial charge >= 0.3 is 18.0 Å². The Morgan fingerprint density at radius 1 is 1.11 bits per heavy atom. The number of hydrogen-bond donors (Lipinski definition) is 3. The van der Waals surface area contributed by atoms with E-state index < -0.39 is 18.0 Å². The Balaban J connectivity index is 1.86. The first-order valence-electron chi connectivity index (χ1n) is 11.6. The average molecular weight is 542 g/mol. The second-order valence-corrected chi connectivity index (χ2v) is 8.37. The topological polar surface area (TPSA) is 128 Å². The van der Waals surface area contributed by atoms with Crippen molar-refractivity contribution in [2.45, 2.75) is 13.8 Å². The molecule has 0 spiro atoms. The lowest BCUT2D eigenvalue weighted by Gasteiger charge is -2.14. The van der Waals surface area contributed by atoms with Crippen LogP contribution in [0.5, 0.6) is 11.5 Å². The summed E-state index contributed by atoms with van der Waals surface area (Å²) in [5, 5.41) is 15.8. The first-order valence-corrected chi connectivity index (χ1v) is 12.0. The highest BCUT2D eigenvalue weighted by Crippen LogP contribution is 2.37. The van der Waals surface area contributed by atoms with Crippen LogP contribution in [-0.4, -0.2) is 54.5 Å². The van der Waals surface area contributed by atoms with Crippen LogP contribution >= 0.6 is 11.6 Å². The highest BCUT2D eigenvalue weighted by atomic mass is 35.5. The predicted molar refractivity (Wildman–Crippen MR) is 143 cm³/mol. The van der Waals surface area contributed by atoms with Crippen molar-refractivity contribution in [2.75, 3.05) is 32.2 Å². The van der Waals surface area contributed by atoms with Crippen LogP contribution in [-0.2, 0) is 14.3 Å². The lowest BCUT2D eigenvalue weighted by atomic mass is 10.0. The first-order chi connectivity index (χ1) is 18.2. The van der Waals surface area contributed by atoms with E-state index >= 15 is 0 Å². The molecule has 0 saturated carbocycles. The van der Waals surface area contributed by atoms with Gasteiger partial charge in [0.2, 0.25) is 0 Å². The van der Waals surface area contributed by atoms with Gasteiger partial charge in [-0.15, -0.1) is 0 Å². The van der Waals surface area contributed by atoms with Gasteiger partial charge in [0.25, 0.3) is 0 Å². The molecule has 11 heteroatoms. The van der Waals surface area contributed by atoms with Crippen molar-refractivity contribution in [3.8, 4) is 28.3 Å². The fraction of sp³-hybridized carbons (Fsp3) is 0.222. The van der Waals surface area contributed by atoms with E-state index in [2.05, 4.69) is 17.2 Å². The molecule has 3 aromatic rings. The minimum absolute atomic E-state index is 0.000788. The molecule has 38 heavy (non-hydrogen) atoms. The fourth-order valence-corrected chi connectivity index (χ4v) is 3.83. The summed E-state index contributed by atoms with van der Waals surface area (Å²) in [4.78, 5) is 36.8. The molecule has 0 unspecified atom stereocenters. The van der Waals surface area contributed by atoms with E-state index in [4.69, 9.17) is 25.8 Å². The van der Waals surface area contributed by atoms with E-state index in [1.165, 1.54) is 24.7 Å². The molecule has 3 rings (SSSR count). The molecule has 2 amide bonds. The quantitative estimate of drug-likeness (QED) is 0.188. The number of nitrogens with one attached hydrogen (secondary N) is 2. The number of anilines is 1. The highest BCUT2D eigenvalue weighted by molar-refractivity contribution is 6.31. The number of halogens is 1. The smallest absolute Gasteiger partial charge is 0.357 e. The van der Waals surface area contributed by atoms with Crippen LogP contribution in [0.25, 0.3) is 16.8 Å². The van der Waals surface area contributed by atoms with Gasteiger partial charge in [-0.1, -0.05) is 42.4 Å². The Bertz CT molecular complexity index is 1350. The van der Waals surface area contributed by atoms with Gasteiger partial charge in [-0.2, -0.15) is 0 Å². The third-order valence-corrected chi connectivity index (χ3v) is 5.58. The Labute approximate surface area is 224 Å². The highest BCUT2D eigenvalue weighted by Gasteiger charge is 2.24. The molecule has 0 aliphatic heterocycles. The number of rotatable bonds is 10. The minimum atomic E-state index is -0.695. The summed E-state index contributed by atoms with van der Waals surface area (Å²) in [6, 6.07) is 12.9. The van der Waals surface area contributed by atoms with Crippen molar-refractivity contribution < 1.29 is 33.7 Å². The number of carbonyl (C=O) groups excluding carboxylic acids is 3. The number of carbonyl (C=O) groups is 3. The standard InChI is InChI=1S/C27H28ClN3O7/c1-5-37-26(34)23-20(30-27(35)29-13-14-38-25(33)16(2)3)15-22(28)31(23)18-11-9-17(10-12-18)19-7-6-8-21(36-4)24(19)32/h6-12,15,32H,2,5,13-14H2,1,3-4H3,(H2,29,30,35). The van der Waals surface area contributed by atoms with Gasteiger partial charge in [0.15, 0.2) is 17.2 Å². The van der Waals surface area contributed by atoms with Gasteiger partial charge < -0.3 is 30.0 Å². The van der Waals surface area contributed by atoms with Crippen LogP contribution in [0, 0.1) is 0 Å². The van der Waals surface area contributed by atoms with Crippen molar-refractivity contribution in [2.24, 2.45) is 0 Å². The number of esters is 2. The minimum Gasteiger partial charge on any atom is -0.504 e. The lowest BCUT2D eigenvalue weighted by Crippen LogP contribution is -2.32. The van der Waals surface area contributed by atoms with Crippen LogP contribution < -0.4 is 15.4 Å². The number of benzene rings is 2. The molecule has 0 bridgehead atoms. The van der Waals surface area contributed by atoms with Crippen molar-refractivity contribution in [1.29, 1.82) is 0 Å². The van der Waals surface area contributed by atoms with Gasteiger partial charge in [-0.05, 0) is 37.6 Å². The number of phenolic OH excluding ortho intramolecular Hbond substituents is 1. The summed E-state index contributed by atoms with van der Waals surface area (Å²) in [5.74, 6) is -0.915. The predicted octanol–water partition coefficient (Wildman–Crippen LogP) is 4.93. The molecule has 3 N–H and O–H groups in total. The van der Waals surface area contributed by atoms with E-state index in [1.807, 2.05) is 0 Å². The zero-order valence-corrected chi connectivity index (χ0v) is 21.9. The third kappa shape index (κ3) is 6.46. The summed E-state index contributed by atoms with van der Waals surface area (Å²) < 4.78 is 16.8. The maximum absolute atomic E-state index is 12.9. The van der Waals surface area contributed by atoms with Crippen molar-refractivity contribution >= 4 is 35.3 Å². The van der Waals surface area contributed by atoms with Gasteiger partial charge in [0.05, 0.1) is 25.9 Å². The maximum atomic E-state index is 12.9. The maximum Gasteiger partial charge on any atom is 0.357 e. The van der Waals surface area contributed by atoms with Crippen LogP contribution in [0.2, 0.25) is 5.15 Å². The molecule has 0 aliphatic rings. The number of hydrogen-bond acceptors (Lipinski definition) is 7. The number of ether oxygens (including phenoxy) is 3. The number of phenols is 1. The van der Waals surface area contributed by atoms with Crippen LogP contribution in [0.3, 0.4) is 0 Å². The summed E-state index contributed by atoms with van der Waals surface area (Å²) >= 11 is 6.49. The molecule has 0 saturated heterocycles. The van der Waals surface area contributed by atoms with Gasteiger partial charge in [-0.25, -0.2) is 14.4 Å². The van der Waals surface area contributed by atoms with Crippen molar-refractivity contribution in [1.82, 2.24) is 9.88 Å². The summed E-state index contributed by atoms with van der Waals surface area (Å²) in [5.41, 5.74) is 2.17. The van der Waals surface area contributed by atoms with Crippen LogP contribution in [0.4, 0.5) is 10.5 Å². The zero-order valence-electron chi connectivity index (χ0n) is 21.2. The third-order valence-electron chi connectivity index (χ3n) is 5.30. The molecular weight excluding hydrogens is 514 g/mol. The Morgan fingerprint density at radius 3 is 2.45 bits per heavy atom. The number of nitrogens with zero attached hydrogens (tertiary/aromatic N) is 1. The van der Waals surface area contributed by atoms with Crippen LogP contribution in [0.1, 0.15) is 24.3 Å². The zero-order chi connectivity index (χ0) is 27.8. The molecule has 0 radical (unpaired) electrons. The normalized spacial score (nSPS) is 10.4. The van der Waals surface area contributed by atoms with Gasteiger partial charge in [0.1, 0.15) is 11.8 Å². The number of para-hydroxylation sites is 1. The number of urea groups is 1. The second kappa shape index (κ2) is 12.7. The summed E-state index contributed by atoms with van der Waals surface area (Å²) in [6.07, 6.45) is 0. The molecule has 200 valence electrons. The van der Waals surface area contributed by atoms with E-state index in [1.54, 1.807) is 49.4 Å². The van der Waals surface area contributed by atoms with E-state index in [9.17, 15) is 19.5 Å². The average Bonchev–Trinajstić information content (AvgIpc) is 3.22. The monoisotopic (exact) mass is 541 g/mol. The molecule has 1 heterocycles. The first kappa shape index (κ1) is 28.1. The summed E-state index contributed by atoms with van der Waals surface area (Å²) in [7, 11) is 1.47. The number of aromatic nitrogens is 1. The lowest BCUT2D eigenvalue weighted by molar-refractivity contribution is -0.138. The molecule has 2 aromatic carbocycles. The largest absolute Gasteiger partial charge is 0.504 e. The van der Waals surface area contributed by atoms with Gasteiger partial charge in [-0.3, -0.25) is 4.57 Å². The Hall–Kier alpha value is -4.44. The molecule has 0 atom stereocenters. The van der Waals surface area contributed by atoms with E-state index in [0.29, 0.717) is 22.6 Å². The molecule has 0 fully saturated rings. The molecule has 0 aliphatic carbocycles. The SMILES string of the molecule is C=C(C)C(=O)OCCNC(=O)Nc1cc(Cl)n(-c2ccc(-c3cccc(OC)c3O)cc2)c1C(=O)OCC. The van der Waals surface area contributed by atoms with Crippen molar-refractivity contribution in [3.63, 3.8) is 0 Å². The number of methoxy groups -OCH3 is 1. The Kier molecular flexibility index (Phi) is 9.39. The number of aromatic hydroxyl groups is 1. The molecule has 1 aromatic heterocycles. The second-order valence-electron chi connectivity index (χ2n) is 7.99. The van der Waals surface area contributed by atoms with Crippen molar-refractivity contribution in [3.05, 3.63) is 71.5 Å². The van der Waals surface area contributed by atoms with Crippen LogP contribution in [0.15, 0.2) is 60.7 Å².